The number of carbonyl (C=O) groups is 1. The summed E-state index contributed by atoms with van der Waals surface area (Å²) in [6, 6.07) is 17.2. The van der Waals surface area contributed by atoms with E-state index in [2.05, 4.69) is 5.32 Å². The molecule has 0 amide bonds. The highest BCUT2D eigenvalue weighted by atomic mass is 16.3. The molecule has 2 aromatic rings. The third-order valence-corrected chi connectivity index (χ3v) is 2.96. The van der Waals surface area contributed by atoms with Gasteiger partial charge in [-0.05, 0) is 36.2 Å². The van der Waals surface area contributed by atoms with Crippen molar-refractivity contribution in [3.63, 3.8) is 0 Å². The van der Waals surface area contributed by atoms with E-state index in [1.165, 1.54) is 5.56 Å². The lowest BCUT2D eigenvalue weighted by atomic mass is 10.1. The van der Waals surface area contributed by atoms with Crippen molar-refractivity contribution in [1.29, 1.82) is 0 Å². The minimum Gasteiger partial charge on any atom is -0.394 e. The number of aliphatic hydroxyl groups is 1. The molecule has 19 heavy (non-hydrogen) atoms. The van der Waals surface area contributed by atoms with Crippen LogP contribution in [0.5, 0.6) is 0 Å². The Kier molecular flexibility index (Phi) is 4.70. The average Bonchev–Trinajstić information content (AvgIpc) is 2.48. The van der Waals surface area contributed by atoms with Crippen LogP contribution in [-0.2, 0) is 6.42 Å². The summed E-state index contributed by atoms with van der Waals surface area (Å²) in [7, 11) is 0. The van der Waals surface area contributed by atoms with E-state index in [0.29, 0.717) is 5.56 Å². The Balaban J connectivity index is 2.00. The van der Waals surface area contributed by atoms with Crippen LogP contribution in [0.4, 0.5) is 5.69 Å². The molecule has 0 fully saturated rings. The summed E-state index contributed by atoms with van der Waals surface area (Å²) in [5.41, 5.74) is 2.73. The Morgan fingerprint density at radius 3 is 2.32 bits per heavy atom. The maximum absolute atomic E-state index is 10.6. The van der Waals surface area contributed by atoms with Crippen molar-refractivity contribution < 1.29 is 9.90 Å². The zero-order chi connectivity index (χ0) is 13.5. The molecule has 0 aliphatic rings. The minimum atomic E-state index is -0.0375. The average molecular weight is 255 g/mol. The highest BCUT2D eigenvalue weighted by Crippen LogP contribution is 2.12. The molecule has 0 aromatic heterocycles. The Morgan fingerprint density at radius 2 is 1.74 bits per heavy atom. The van der Waals surface area contributed by atoms with Gasteiger partial charge in [-0.25, -0.2) is 0 Å². The second-order valence-corrected chi connectivity index (χ2v) is 4.45. The zero-order valence-corrected chi connectivity index (χ0v) is 10.6. The van der Waals surface area contributed by atoms with Crippen molar-refractivity contribution in [2.75, 3.05) is 11.9 Å². The van der Waals surface area contributed by atoms with Crippen LogP contribution in [0.3, 0.4) is 0 Å². The summed E-state index contributed by atoms with van der Waals surface area (Å²) in [6.07, 6.45) is 1.57. The number of nitrogens with one attached hydrogen (secondary N) is 1. The van der Waals surface area contributed by atoms with Gasteiger partial charge in [-0.3, -0.25) is 4.79 Å². The predicted molar refractivity (Wildman–Crippen MR) is 76.5 cm³/mol. The Hall–Kier alpha value is -2.13. The van der Waals surface area contributed by atoms with Crippen LogP contribution < -0.4 is 5.32 Å². The van der Waals surface area contributed by atoms with Gasteiger partial charge in [0, 0.05) is 11.3 Å². The highest BCUT2D eigenvalue weighted by molar-refractivity contribution is 5.75. The molecule has 0 aliphatic carbocycles. The zero-order valence-electron chi connectivity index (χ0n) is 10.6. The van der Waals surface area contributed by atoms with Crippen LogP contribution in [0.2, 0.25) is 0 Å². The summed E-state index contributed by atoms with van der Waals surface area (Å²) in [6.45, 7) is 0.0598. The van der Waals surface area contributed by atoms with Crippen molar-refractivity contribution >= 4 is 12.0 Å². The van der Waals surface area contributed by atoms with Crippen LogP contribution in [0.1, 0.15) is 15.9 Å². The molecule has 0 aliphatic heterocycles. The summed E-state index contributed by atoms with van der Waals surface area (Å²) in [5.74, 6) is 0. The first-order chi connectivity index (χ1) is 9.31. The highest BCUT2D eigenvalue weighted by Gasteiger charge is 2.08. The van der Waals surface area contributed by atoms with E-state index in [9.17, 15) is 9.90 Å². The third-order valence-electron chi connectivity index (χ3n) is 2.96. The molecule has 2 N–H and O–H groups in total. The van der Waals surface area contributed by atoms with E-state index in [-0.39, 0.29) is 12.6 Å². The minimum absolute atomic E-state index is 0.0375. The van der Waals surface area contributed by atoms with Crippen LogP contribution in [0.15, 0.2) is 54.6 Å². The molecule has 2 rings (SSSR count). The lowest BCUT2D eigenvalue weighted by Gasteiger charge is -2.17. The summed E-state index contributed by atoms with van der Waals surface area (Å²) < 4.78 is 0. The fourth-order valence-corrected chi connectivity index (χ4v) is 1.95. The van der Waals surface area contributed by atoms with Gasteiger partial charge in [0.1, 0.15) is 6.29 Å². The number of rotatable bonds is 6. The second-order valence-electron chi connectivity index (χ2n) is 4.45. The Bertz CT molecular complexity index is 508. The number of aldehydes is 1. The summed E-state index contributed by atoms with van der Waals surface area (Å²) in [5, 5.41) is 12.7. The first kappa shape index (κ1) is 13.3. The maximum atomic E-state index is 10.6. The van der Waals surface area contributed by atoms with Crippen LogP contribution in [0.25, 0.3) is 0 Å². The van der Waals surface area contributed by atoms with E-state index in [1.807, 2.05) is 42.5 Å². The molecule has 0 bridgehead atoms. The number of anilines is 1. The van der Waals surface area contributed by atoms with Gasteiger partial charge in [0.2, 0.25) is 0 Å². The van der Waals surface area contributed by atoms with Gasteiger partial charge < -0.3 is 10.4 Å². The van der Waals surface area contributed by atoms with Gasteiger partial charge in [-0.1, -0.05) is 30.3 Å². The summed E-state index contributed by atoms with van der Waals surface area (Å²) >= 11 is 0. The Morgan fingerprint density at radius 1 is 1.05 bits per heavy atom. The fraction of sp³-hybridized carbons (Fsp3) is 0.188. The molecular formula is C16H17NO2. The van der Waals surface area contributed by atoms with E-state index in [1.54, 1.807) is 12.1 Å². The molecule has 1 unspecified atom stereocenters. The normalized spacial score (nSPS) is 11.8. The quantitative estimate of drug-likeness (QED) is 0.780. The number of aliphatic hydroxyl groups excluding tert-OH is 1. The lowest BCUT2D eigenvalue weighted by Crippen LogP contribution is -2.26. The maximum Gasteiger partial charge on any atom is 0.150 e. The molecular weight excluding hydrogens is 238 g/mol. The van der Waals surface area contributed by atoms with Crippen molar-refractivity contribution in [2.24, 2.45) is 0 Å². The molecule has 0 saturated heterocycles. The fourth-order valence-electron chi connectivity index (χ4n) is 1.95. The third kappa shape index (κ3) is 3.93. The van der Waals surface area contributed by atoms with Gasteiger partial charge in [0.05, 0.1) is 12.6 Å². The van der Waals surface area contributed by atoms with Gasteiger partial charge in [-0.2, -0.15) is 0 Å². The van der Waals surface area contributed by atoms with Gasteiger partial charge in [-0.15, -0.1) is 0 Å². The second kappa shape index (κ2) is 6.71. The Labute approximate surface area is 112 Å². The van der Waals surface area contributed by atoms with Crippen LogP contribution in [0, 0.1) is 0 Å². The lowest BCUT2D eigenvalue weighted by molar-refractivity contribution is 0.112. The number of hydrogen-bond donors (Lipinski definition) is 2. The summed E-state index contributed by atoms with van der Waals surface area (Å²) in [4.78, 5) is 10.6. The van der Waals surface area contributed by atoms with Gasteiger partial charge in [0.15, 0.2) is 0 Å². The van der Waals surface area contributed by atoms with Crippen molar-refractivity contribution in [2.45, 2.75) is 12.5 Å². The largest absolute Gasteiger partial charge is 0.394 e. The van der Waals surface area contributed by atoms with Crippen LogP contribution in [-0.4, -0.2) is 24.0 Å². The topological polar surface area (TPSA) is 49.3 Å². The van der Waals surface area contributed by atoms with Crippen molar-refractivity contribution in [1.82, 2.24) is 0 Å². The number of hydrogen-bond acceptors (Lipinski definition) is 3. The SMILES string of the molecule is O=Cc1ccc(NC(CO)Cc2ccccc2)cc1. The standard InChI is InChI=1S/C16H17NO2/c18-11-14-6-8-15(9-7-14)17-16(12-19)10-13-4-2-1-3-5-13/h1-9,11,16-17,19H,10,12H2. The molecule has 0 saturated carbocycles. The monoisotopic (exact) mass is 255 g/mol. The van der Waals surface area contributed by atoms with Crippen molar-refractivity contribution in [3.05, 3.63) is 65.7 Å². The van der Waals surface area contributed by atoms with E-state index in [0.717, 1.165) is 18.4 Å². The predicted octanol–water partition coefficient (Wildman–Crippen LogP) is 2.51. The molecule has 3 heteroatoms. The number of benzene rings is 2. The number of carbonyl (C=O) groups excluding carboxylic acids is 1. The molecule has 0 spiro atoms. The molecule has 98 valence electrons. The molecule has 0 heterocycles. The molecule has 2 aromatic carbocycles. The first-order valence-corrected chi connectivity index (χ1v) is 6.28. The molecule has 0 radical (unpaired) electrons. The van der Waals surface area contributed by atoms with Crippen LogP contribution >= 0.6 is 0 Å². The van der Waals surface area contributed by atoms with E-state index < -0.39 is 0 Å². The van der Waals surface area contributed by atoms with Gasteiger partial charge >= 0.3 is 0 Å². The van der Waals surface area contributed by atoms with E-state index >= 15 is 0 Å². The smallest absolute Gasteiger partial charge is 0.150 e. The van der Waals surface area contributed by atoms with E-state index in [4.69, 9.17) is 0 Å². The van der Waals surface area contributed by atoms with Gasteiger partial charge in [0.25, 0.3) is 0 Å². The molecule has 1 atom stereocenters. The van der Waals surface area contributed by atoms with Crippen molar-refractivity contribution in [3.8, 4) is 0 Å². The first-order valence-electron chi connectivity index (χ1n) is 6.28. The molecule has 3 nitrogen and oxygen atoms in total.